The predicted molar refractivity (Wildman–Crippen MR) is 40.8 cm³/mol. The van der Waals surface area contributed by atoms with E-state index >= 15 is 0 Å². The molecule has 13 heavy (non-hydrogen) atoms. The zero-order chi connectivity index (χ0) is 10.0. The molecule has 0 aromatic heterocycles. The fraction of sp³-hybridized carbons (Fsp3) is 1.00. The molecule has 1 heterocycles. The lowest BCUT2D eigenvalue weighted by Gasteiger charge is -2.37. The maximum absolute atomic E-state index is 9.33. The van der Waals surface area contributed by atoms with Gasteiger partial charge in [-0.1, -0.05) is 0 Å². The maximum atomic E-state index is 9.33. The van der Waals surface area contributed by atoms with Crippen molar-refractivity contribution in [2.24, 2.45) is 0 Å². The monoisotopic (exact) mass is 194 g/mol. The lowest BCUT2D eigenvalue weighted by Crippen LogP contribution is -2.58. The van der Waals surface area contributed by atoms with Gasteiger partial charge in [-0.05, 0) is 0 Å². The van der Waals surface area contributed by atoms with E-state index in [9.17, 15) is 10.2 Å². The van der Waals surface area contributed by atoms with E-state index in [1.807, 2.05) is 0 Å². The molecular formula is C7H14O6. The average Bonchev–Trinajstić information content (AvgIpc) is 2.11. The molecule has 6 nitrogen and oxygen atoms in total. The first-order valence-corrected chi connectivity index (χ1v) is 3.94. The van der Waals surface area contributed by atoms with Crippen molar-refractivity contribution >= 4 is 0 Å². The molecule has 4 N–H and O–H groups in total. The Bertz CT molecular complexity index is 163. The van der Waals surface area contributed by atoms with E-state index in [0.717, 1.165) is 0 Å². The van der Waals surface area contributed by atoms with E-state index < -0.39 is 30.7 Å². The highest BCUT2D eigenvalue weighted by molar-refractivity contribution is 4.88. The molecule has 0 unspecified atom stereocenters. The van der Waals surface area contributed by atoms with Crippen LogP contribution in [0.2, 0.25) is 0 Å². The Kier molecular flexibility index (Phi) is 3.60. The van der Waals surface area contributed by atoms with E-state index in [1.165, 1.54) is 7.11 Å². The van der Waals surface area contributed by atoms with Gasteiger partial charge in [0.05, 0.1) is 6.61 Å². The Morgan fingerprint density at radius 3 is 2.23 bits per heavy atom. The highest BCUT2D eigenvalue weighted by Crippen LogP contribution is 2.19. The van der Waals surface area contributed by atoms with Crippen LogP contribution in [0.5, 0.6) is 0 Å². The van der Waals surface area contributed by atoms with Gasteiger partial charge in [-0.25, -0.2) is 0 Å². The topological polar surface area (TPSA) is 99.4 Å². The molecule has 5 atom stereocenters. The standard InChI is InChI=1S/C7H14O6/c1-12-2-3-4(8)5(9)6(10)7(11)13-3/h3-11H,2H2,1H3/t3-,4-,5+,6-,7+/m1/s1. The molecule has 6 heteroatoms. The van der Waals surface area contributed by atoms with Crippen LogP contribution in [-0.2, 0) is 9.47 Å². The molecule has 0 aromatic carbocycles. The molecule has 0 bridgehead atoms. The summed E-state index contributed by atoms with van der Waals surface area (Å²) in [5, 5.41) is 36.7. The van der Waals surface area contributed by atoms with Crippen LogP contribution in [0.15, 0.2) is 0 Å². The third kappa shape index (κ3) is 2.16. The van der Waals surface area contributed by atoms with Crippen LogP contribution < -0.4 is 0 Å². The smallest absolute Gasteiger partial charge is 0.184 e. The molecule has 0 spiro atoms. The molecule has 0 radical (unpaired) electrons. The predicted octanol–water partition coefficient (Wildman–Crippen LogP) is -2.57. The molecule has 1 aliphatic heterocycles. The first kappa shape index (κ1) is 10.8. The van der Waals surface area contributed by atoms with E-state index in [2.05, 4.69) is 0 Å². The second-order valence-electron chi connectivity index (χ2n) is 2.99. The van der Waals surface area contributed by atoms with Crippen molar-refractivity contribution < 1.29 is 29.9 Å². The molecular weight excluding hydrogens is 180 g/mol. The molecule has 1 fully saturated rings. The highest BCUT2D eigenvalue weighted by atomic mass is 16.6. The number of hydrogen-bond acceptors (Lipinski definition) is 6. The zero-order valence-corrected chi connectivity index (χ0v) is 7.20. The SMILES string of the molecule is COC[C@H]1O[C@H](O)[C@H](O)[C@@H](O)[C@@H]1O. The summed E-state index contributed by atoms with van der Waals surface area (Å²) in [7, 11) is 1.40. The van der Waals surface area contributed by atoms with Gasteiger partial charge in [0.2, 0.25) is 0 Å². The van der Waals surface area contributed by atoms with Crippen LogP contribution in [0.25, 0.3) is 0 Å². The first-order valence-electron chi connectivity index (χ1n) is 3.94. The van der Waals surface area contributed by atoms with E-state index in [4.69, 9.17) is 19.7 Å². The number of rotatable bonds is 2. The summed E-state index contributed by atoms with van der Waals surface area (Å²) in [5.41, 5.74) is 0. The summed E-state index contributed by atoms with van der Waals surface area (Å²) in [6, 6.07) is 0. The third-order valence-corrected chi connectivity index (χ3v) is 2.02. The van der Waals surface area contributed by atoms with Gasteiger partial charge in [-0.3, -0.25) is 0 Å². The molecule has 1 rings (SSSR count). The molecule has 78 valence electrons. The van der Waals surface area contributed by atoms with E-state index in [0.29, 0.717) is 0 Å². The maximum Gasteiger partial charge on any atom is 0.184 e. The van der Waals surface area contributed by atoms with Crippen molar-refractivity contribution in [1.29, 1.82) is 0 Å². The minimum atomic E-state index is -1.49. The summed E-state index contributed by atoms with van der Waals surface area (Å²) < 4.78 is 9.49. The fourth-order valence-corrected chi connectivity index (χ4v) is 1.23. The van der Waals surface area contributed by atoms with Gasteiger partial charge < -0.3 is 29.9 Å². The van der Waals surface area contributed by atoms with Gasteiger partial charge in [-0.2, -0.15) is 0 Å². The van der Waals surface area contributed by atoms with Crippen LogP contribution in [0.3, 0.4) is 0 Å². The van der Waals surface area contributed by atoms with Gasteiger partial charge in [0, 0.05) is 7.11 Å². The second kappa shape index (κ2) is 4.32. The van der Waals surface area contributed by atoms with Crippen molar-refractivity contribution in [2.75, 3.05) is 13.7 Å². The number of hydrogen-bond donors (Lipinski definition) is 4. The number of aliphatic hydroxyl groups is 4. The molecule has 0 aliphatic carbocycles. The van der Waals surface area contributed by atoms with Gasteiger partial charge in [-0.15, -0.1) is 0 Å². The van der Waals surface area contributed by atoms with Gasteiger partial charge in [0.1, 0.15) is 24.4 Å². The number of ether oxygens (including phenoxy) is 2. The Balaban J connectivity index is 2.59. The van der Waals surface area contributed by atoms with Gasteiger partial charge in [0.15, 0.2) is 6.29 Å². The molecule has 0 saturated carbocycles. The summed E-state index contributed by atoms with van der Waals surface area (Å²) in [6.45, 7) is 0.0437. The first-order chi connectivity index (χ1) is 6.07. The van der Waals surface area contributed by atoms with E-state index in [-0.39, 0.29) is 6.61 Å². The molecule has 0 aromatic rings. The Hall–Kier alpha value is -0.240. The summed E-state index contributed by atoms with van der Waals surface area (Å²) in [5.74, 6) is 0. The van der Waals surface area contributed by atoms with Crippen molar-refractivity contribution in [2.45, 2.75) is 30.7 Å². The minimum absolute atomic E-state index is 0.0437. The van der Waals surface area contributed by atoms with Crippen LogP contribution in [0.4, 0.5) is 0 Å². The second-order valence-corrected chi connectivity index (χ2v) is 2.99. The minimum Gasteiger partial charge on any atom is -0.387 e. The average molecular weight is 194 g/mol. The lowest BCUT2D eigenvalue weighted by atomic mass is 9.99. The van der Waals surface area contributed by atoms with Crippen molar-refractivity contribution in [3.63, 3.8) is 0 Å². The highest BCUT2D eigenvalue weighted by Gasteiger charge is 2.42. The van der Waals surface area contributed by atoms with Gasteiger partial charge in [0.25, 0.3) is 0 Å². The quantitative estimate of drug-likeness (QED) is 0.386. The zero-order valence-electron chi connectivity index (χ0n) is 7.20. The number of aliphatic hydroxyl groups excluding tert-OH is 4. The lowest BCUT2D eigenvalue weighted by molar-refractivity contribution is -0.287. The number of methoxy groups -OCH3 is 1. The molecule has 1 saturated heterocycles. The third-order valence-electron chi connectivity index (χ3n) is 2.02. The van der Waals surface area contributed by atoms with Crippen molar-refractivity contribution in [3.8, 4) is 0 Å². The molecule has 0 amide bonds. The Morgan fingerprint density at radius 1 is 1.08 bits per heavy atom. The van der Waals surface area contributed by atoms with Gasteiger partial charge >= 0.3 is 0 Å². The normalized spacial score (nSPS) is 46.4. The largest absolute Gasteiger partial charge is 0.387 e. The van der Waals surface area contributed by atoms with Crippen molar-refractivity contribution in [1.82, 2.24) is 0 Å². The Labute approximate surface area is 75.3 Å². The van der Waals surface area contributed by atoms with E-state index in [1.54, 1.807) is 0 Å². The summed E-state index contributed by atoms with van der Waals surface area (Å²) in [6.07, 6.45) is -6.46. The summed E-state index contributed by atoms with van der Waals surface area (Å²) in [4.78, 5) is 0. The van der Waals surface area contributed by atoms with Crippen LogP contribution in [-0.4, -0.2) is 64.8 Å². The fourth-order valence-electron chi connectivity index (χ4n) is 1.23. The van der Waals surface area contributed by atoms with Crippen LogP contribution >= 0.6 is 0 Å². The van der Waals surface area contributed by atoms with Crippen molar-refractivity contribution in [3.05, 3.63) is 0 Å². The molecule has 1 aliphatic rings. The Morgan fingerprint density at radius 2 is 1.69 bits per heavy atom. The van der Waals surface area contributed by atoms with Crippen LogP contribution in [0.1, 0.15) is 0 Å². The summed E-state index contributed by atoms with van der Waals surface area (Å²) >= 11 is 0. The van der Waals surface area contributed by atoms with Crippen LogP contribution in [0, 0.1) is 0 Å².